The minimum atomic E-state index is -1.02. The van der Waals surface area contributed by atoms with Gasteiger partial charge in [0.2, 0.25) is 11.8 Å². The molecule has 2 aromatic heterocycles. The number of carbonyl (C=O) groups excluding carboxylic acids is 3. The molecule has 230 valence electrons. The summed E-state index contributed by atoms with van der Waals surface area (Å²) in [5.41, 5.74) is 0.0351. The van der Waals surface area contributed by atoms with Crippen molar-refractivity contribution in [2.75, 3.05) is 10.2 Å². The van der Waals surface area contributed by atoms with Crippen molar-refractivity contribution in [2.45, 2.75) is 66.1 Å². The van der Waals surface area contributed by atoms with Crippen molar-refractivity contribution in [3.8, 4) is 22.6 Å². The highest BCUT2D eigenvalue weighted by Gasteiger charge is 2.34. The largest absolute Gasteiger partial charge is 0.443 e. The lowest BCUT2D eigenvalue weighted by Crippen LogP contribution is -2.44. The summed E-state index contributed by atoms with van der Waals surface area (Å²) in [6.07, 6.45) is -0.681. The zero-order chi connectivity index (χ0) is 32.2. The topological polar surface area (TPSA) is 137 Å². The number of ether oxygens (including phenoxy) is 2. The van der Waals surface area contributed by atoms with Gasteiger partial charge in [-0.1, -0.05) is 35.5 Å². The Bertz CT molecular complexity index is 1650. The zero-order valence-electron chi connectivity index (χ0n) is 25.6. The van der Waals surface area contributed by atoms with Gasteiger partial charge in [-0.05, 0) is 77.8 Å². The van der Waals surface area contributed by atoms with Crippen molar-refractivity contribution >= 4 is 29.8 Å². The van der Waals surface area contributed by atoms with Gasteiger partial charge in [-0.25, -0.2) is 23.9 Å². The molecule has 11 nitrogen and oxygen atoms in total. The van der Waals surface area contributed by atoms with Gasteiger partial charge in [0.15, 0.2) is 11.6 Å². The van der Waals surface area contributed by atoms with Crippen LogP contribution in [-0.4, -0.2) is 44.4 Å². The van der Waals surface area contributed by atoms with E-state index >= 15 is 0 Å². The first-order valence-electron chi connectivity index (χ1n) is 13.8. The van der Waals surface area contributed by atoms with Gasteiger partial charge in [-0.2, -0.15) is 4.90 Å². The van der Waals surface area contributed by atoms with Crippen molar-refractivity contribution in [3.63, 3.8) is 0 Å². The predicted molar refractivity (Wildman–Crippen MR) is 161 cm³/mol. The van der Waals surface area contributed by atoms with Gasteiger partial charge in [-0.15, -0.1) is 0 Å². The molecular formula is C32H34FN5O6. The van der Waals surface area contributed by atoms with Crippen LogP contribution in [0.3, 0.4) is 0 Å². The highest BCUT2D eigenvalue weighted by atomic mass is 19.1. The van der Waals surface area contributed by atoms with Crippen molar-refractivity contribution < 1.29 is 32.8 Å². The minimum Gasteiger partial charge on any atom is -0.443 e. The summed E-state index contributed by atoms with van der Waals surface area (Å²) in [6.45, 7) is 11.5. The fraction of sp³-hybridized carbons (Fsp3) is 0.312. The molecule has 0 aliphatic carbocycles. The molecule has 0 saturated carbocycles. The molecule has 0 atom stereocenters. The molecule has 0 bridgehead atoms. The lowest BCUT2D eigenvalue weighted by atomic mass is 10.0. The van der Waals surface area contributed by atoms with Crippen LogP contribution in [-0.2, 0) is 20.7 Å². The second-order valence-corrected chi connectivity index (χ2v) is 11.9. The summed E-state index contributed by atoms with van der Waals surface area (Å²) in [7, 11) is 0. The Morgan fingerprint density at radius 1 is 0.932 bits per heavy atom. The summed E-state index contributed by atoms with van der Waals surface area (Å²) < 4.78 is 30.6. The molecule has 2 heterocycles. The van der Waals surface area contributed by atoms with E-state index in [0.29, 0.717) is 16.0 Å². The molecule has 0 fully saturated rings. The molecule has 0 aliphatic heterocycles. The maximum Gasteiger partial charge on any atom is 0.425 e. The molecule has 4 rings (SSSR count). The average Bonchev–Trinajstić information content (AvgIpc) is 3.32. The predicted octanol–water partition coefficient (Wildman–Crippen LogP) is 7.10. The third kappa shape index (κ3) is 8.03. The maximum atomic E-state index is 14.1. The fourth-order valence-electron chi connectivity index (χ4n) is 3.99. The Kier molecular flexibility index (Phi) is 9.12. The summed E-state index contributed by atoms with van der Waals surface area (Å²) in [4.78, 5) is 49.0. The molecular weight excluding hydrogens is 569 g/mol. The number of aryl methyl sites for hydroxylation is 1. The Hall–Kier alpha value is -5.13. The molecule has 12 heteroatoms. The van der Waals surface area contributed by atoms with Crippen LogP contribution in [0.2, 0.25) is 0 Å². The Labute approximate surface area is 254 Å². The summed E-state index contributed by atoms with van der Waals surface area (Å²) in [5, 5.41) is 6.86. The fourth-order valence-corrected chi connectivity index (χ4v) is 3.99. The summed E-state index contributed by atoms with van der Waals surface area (Å²) in [6, 6.07) is 14.8. The number of aromatic nitrogens is 3. The van der Waals surface area contributed by atoms with E-state index in [4.69, 9.17) is 14.0 Å². The normalized spacial score (nSPS) is 11.5. The van der Waals surface area contributed by atoms with Crippen LogP contribution in [0.5, 0.6) is 0 Å². The molecule has 0 radical (unpaired) electrons. The first-order chi connectivity index (χ1) is 20.6. The quantitative estimate of drug-likeness (QED) is 0.244. The number of benzene rings is 2. The van der Waals surface area contributed by atoms with Gasteiger partial charge in [0.05, 0.1) is 6.42 Å². The van der Waals surface area contributed by atoms with Crippen molar-refractivity contribution in [1.82, 2.24) is 15.1 Å². The average molecular weight is 604 g/mol. The van der Waals surface area contributed by atoms with Crippen LogP contribution in [0.15, 0.2) is 65.3 Å². The first-order valence-corrected chi connectivity index (χ1v) is 13.8. The molecule has 0 unspecified atom stereocenters. The van der Waals surface area contributed by atoms with E-state index in [9.17, 15) is 18.8 Å². The van der Waals surface area contributed by atoms with Crippen molar-refractivity contribution in [1.29, 1.82) is 0 Å². The summed E-state index contributed by atoms with van der Waals surface area (Å²) >= 11 is 0. The molecule has 1 N–H and O–H groups in total. The van der Waals surface area contributed by atoms with E-state index < -0.39 is 35.1 Å². The van der Waals surface area contributed by atoms with Crippen molar-refractivity contribution in [2.24, 2.45) is 0 Å². The lowest BCUT2D eigenvalue weighted by molar-refractivity contribution is -0.115. The van der Waals surface area contributed by atoms with E-state index in [2.05, 4.69) is 20.4 Å². The van der Waals surface area contributed by atoms with E-state index in [1.54, 1.807) is 54.5 Å². The Morgan fingerprint density at radius 3 is 2.16 bits per heavy atom. The molecule has 4 aromatic rings. The van der Waals surface area contributed by atoms with Crippen molar-refractivity contribution in [3.05, 3.63) is 77.7 Å². The van der Waals surface area contributed by atoms with E-state index in [0.717, 1.165) is 5.56 Å². The maximum absolute atomic E-state index is 14.1. The number of halogens is 1. The van der Waals surface area contributed by atoms with Crippen LogP contribution >= 0.6 is 0 Å². The van der Waals surface area contributed by atoms with E-state index in [1.165, 1.54) is 24.4 Å². The van der Waals surface area contributed by atoms with Gasteiger partial charge < -0.3 is 14.0 Å². The highest BCUT2D eigenvalue weighted by Crippen LogP contribution is 2.37. The molecule has 2 aromatic carbocycles. The van der Waals surface area contributed by atoms with Crippen LogP contribution in [0.25, 0.3) is 22.6 Å². The smallest absolute Gasteiger partial charge is 0.425 e. The Balaban J connectivity index is 1.82. The molecule has 0 saturated heterocycles. The number of hydrogen-bond donors (Lipinski definition) is 1. The number of imide groups is 1. The third-order valence-electron chi connectivity index (χ3n) is 5.83. The van der Waals surface area contributed by atoms with Crippen LogP contribution < -0.4 is 10.2 Å². The standard InChI is InChI=1S/C32H34FN5O6/c1-19-17-21(13-14-22(19)33)26-25(28(44-37-26)36-24(39)18-20-11-9-8-10-12-20)27-34-16-15-23(35-27)38(29(40)42-31(2,3)4)30(41)43-32(5,6)7/h8-17H,18H2,1-7H3,(H,36,39). The summed E-state index contributed by atoms with van der Waals surface area (Å²) in [5.74, 6) is -1.12. The van der Waals surface area contributed by atoms with Crippen LogP contribution in [0.1, 0.15) is 52.7 Å². The highest BCUT2D eigenvalue weighted by molar-refractivity contribution is 6.09. The number of amides is 3. The second kappa shape index (κ2) is 12.6. The van der Waals surface area contributed by atoms with Gasteiger partial charge in [0, 0.05) is 17.8 Å². The monoisotopic (exact) mass is 603 g/mol. The number of carbonyl (C=O) groups is 3. The number of anilines is 2. The van der Waals surface area contributed by atoms with E-state index in [-0.39, 0.29) is 35.2 Å². The van der Waals surface area contributed by atoms with Gasteiger partial charge in [-0.3, -0.25) is 10.1 Å². The number of rotatable bonds is 6. The van der Waals surface area contributed by atoms with Gasteiger partial charge in [0.1, 0.15) is 28.3 Å². The Morgan fingerprint density at radius 2 is 1.57 bits per heavy atom. The number of hydrogen-bond acceptors (Lipinski definition) is 9. The van der Waals surface area contributed by atoms with Crippen LogP contribution in [0.4, 0.5) is 25.7 Å². The number of nitrogens with one attached hydrogen (secondary N) is 1. The lowest BCUT2D eigenvalue weighted by Gasteiger charge is -2.28. The first kappa shape index (κ1) is 31.8. The molecule has 0 spiro atoms. The van der Waals surface area contributed by atoms with Gasteiger partial charge >= 0.3 is 12.2 Å². The third-order valence-corrected chi connectivity index (χ3v) is 5.83. The molecule has 44 heavy (non-hydrogen) atoms. The minimum absolute atomic E-state index is 0.0396. The van der Waals surface area contributed by atoms with E-state index in [1.807, 2.05) is 30.3 Å². The SMILES string of the molecule is Cc1cc(-c2noc(NC(=O)Cc3ccccc3)c2-c2nccc(N(C(=O)OC(C)(C)C)C(=O)OC(C)(C)C)n2)ccc1F. The second-order valence-electron chi connectivity index (χ2n) is 11.9. The van der Waals surface area contributed by atoms with Gasteiger partial charge in [0.25, 0.3) is 0 Å². The zero-order valence-corrected chi connectivity index (χ0v) is 25.6. The molecule has 3 amide bonds. The van der Waals surface area contributed by atoms with Crippen LogP contribution in [0, 0.1) is 12.7 Å². The molecule has 0 aliphatic rings. The number of nitrogens with zero attached hydrogens (tertiary/aromatic N) is 4.